The maximum atomic E-state index is 12.1. The van der Waals surface area contributed by atoms with Gasteiger partial charge in [-0.15, -0.1) is 0 Å². The van der Waals surface area contributed by atoms with Crippen molar-refractivity contribution in [3.63, 3.8) is 0 Å². The Kier molecular flexibility index (Phi) is 4.02. The van der Waals surface area contributed by atoms with Crippen molar-refractivity contribution in [3.8, 4) is 5.75 Å². The maximum absolute atomic E-state index is 12.1. The molecule has 0 aromatic heterocycles. The van der Waals surface area contributed by atoms with E-state index in [-0.39, 0.29) is 15.8 Å². The van der Waals surface area contributed by atoms with E-state index in [1.807, 2.05) is 13.8 Å². The molecule has 126 valence electrons. The van der Waals surface area contributed by atoms with Gasteiger partial charge in [0, 0.05) is 11.0 Å². The molecule has 0 fully saturated rings. The summed E-state index contributed by atoms with van der Waals surface area (Å²) in [6.45, 7) is 3.67. The van der Waals surface area contributed by atoms with Crippen molar-refractivity contribution in [1.29, 1.82) is 0 Å². The molecule has 9 heteroatoms. The highest BCUT2D eigenvalue weighted by molar-refractivity contribution is 7.46. The molecule has 1 aliphatic carbocycles. The molecule has 1 aliphatic heterocycles. The second kappa shape index (κ2) is 5.55. The molecule has 1 aromatic rings. The molecule has 1 heterocycles. The van der Waals surface area contributed by atoms with E-state index in [1.165, 1.54) is 18.2 Å². The second-order valence-corrected chi connectivity index (χ2v) is 7.84. The molecule has 0 saturated heterocycles. The lowest BCUT2D eigenvalue weighted by atomic mass is 9.71. The van der Waals surface area contributed by atoms with E-state index in [9.17, 15) is 9.36 Å². The van der Waals surface area contributed by atoms with Gasteiger partial charge in [-0.25, -0.2) is 9.56 Å². The molecule has 24 heavy (non-hydrogen) atoms. The van der Waals surface area contributed by atoms with Crippen LogP contribution in [-0.2, 0) is 14.8 Å². The van der Waals surface area contributed by atoms with Gasteiger partial charge in [-0.2, -0.15) is 0 Å². The van der Waals surface area contributed by atoms with Gasteiger partial charge in [0.2, 0.25) is 5.78 Å². The lowest BCUT2D eigenvalue weighted by Crippen LogP contribution is -2.32. The van der Waals surface area contributed by atoms with Gasteiger partial charge in [0.05, 0.1) is 21.5 Å². The van der Waals surface area contributed by atoms with Crippen molar-refractivity contribution in [1.82, 2.24) is 0 Å². The molecular weight excluding hydrogens is 376 g/mol. The predicted molar refractivity (Wildman–Crippen MR) is 91.1 cm³/mol. The summed E-state index contributed by atoms with van der Waals surface area (Å²) in [5.41, 5.74) is 1.48. The van der Waals surface area contributed by atoms with Gasteiger partial charge in [0.15, 0.2) is 0 Å². The number of phosphoric ester groups is 1. The lowest BCUT2D eigenvalue weighted by molar-refractivity contribution is -0.111. The van der Waals surface area contributed by atoms with Gasteiger partial charge in [-0.1, -0.05) is 37.0 Å². The van der Waals surface area contributed by atoms with Crippen LogP contribution in [-0.4, -0.2) is 21.3 Å². The highest BCUT2D eigenvalue weighted by atomic mass is 35.5. The summed E-state index contributed by atoms with van der Waals surface area (Å²) >= 11 is 12.1. The van der Waals surface area contributed by atoms with E-state index in [2.05, 4.69) is 9.52 Å². The predicted octanol–water partition coefficient (Wildman–Crippen LogP) is 3.72. The van der Waals surface area contributed by atoms with Crippen LogP contribution in [0.2, 0.25) is 0 Å². The van der Waals surface area contributed by atoms with Crippen LogP contribution < -0.4 is 4.52 Å². The summed E-state index contributed by atoms with van der Waals surface area (Å²) in [4.78, 5) is 34.4. The number of Topliss-reactive ketones (excluding diaryl/α,β-unsaturated/α-hetero) is 1. The maximum Gasteiger partial charge on any atom is 0.524 e. The summed E-state index contributed by atoms with van der Waals surface area (Å²) < 4.78 is 15.7. The fraction of sp³-hybridized carbons (Fsp3) is 0.200. The molecular formula is C15H12Cl2NO5P. The SMILES string of the molecule is CC1(C)C2=C(Cl)C(=O)C(Cl)=CC2=Nc2ccc(OP(=O)(O)O)cc21. The molecule has 3 rings (SSSR count). The fourth-order valence-corrected chi connectivity index (χ4v) is 3.91. The first-order valence-corrected chi connectivity index (χ1v) is 9.10. The minimum atomic E-state index is -4.68. The van der Waals surface area contributed by atoms with Gasteiger partial charge >= 0.3 is 7.82 Å². The number of hydrogen-bond acceptors (Lipinski definition) is 4. The Morgan fingerprint density at radius 2 is 1.92 bits per heavy atom. The molecule has 2 N–H and O–H groups in total. The number of allylic oxidation sites excluding steroid dienone is 4. The third-order valence-corrected chi connectivity index (χ3v) is 4.98. The number of aliphatic imine (C=N–C) groups is 1. The number of fused-ring (bicyclic) bond motifs is 2. The molecule has 0 atom stereocenters. The molecule has 0 bridgehead atoms. The van der Waals surface area contributed by atoms with Crippen LogP contribution in [0.3, 0.4) is 0 Å². The van der Waals surface area contributed by atoms with Crippen LogP contribution in [0.4, 0.5) is 5.69 Å². The van der Waals surface area contributed by atoms with Crippen molar-refractivity contribution in [3.05, 3.63) is 45.5 Å². The Labute approximate surface area is 147 Å². The highest BCUT2D eigenvalue weighted by Gasteiger charge is 2.40. The summed E-state index contributed by atoms with van der Waals surface area (Å²) in [7, 11) is -4.68. The van der Waals surface area contributed by atoms with Gasteiger partial charge in [-0.05, 0) is 29.8 Å². The summed E-state index contributed by atoms with van der Waals surface area (Å²) in [5, 5.41) is -0.0265. The van der Waals surface area contributed by atoms with Crippen molar-refractivity contribution in [2.45, 2.75) is 19.3 Å². The fourth-order valence-electron chi connectivity index (χ4n) is 2.84. The quantitative estimate of drug-likeness (QED) is 0.595. The number of rotatable bonds is 2. The zero-order valence-electron chi connectivity index (χ0n) is 12.6. The summed E-state index contributed by atoms with van der Waals surface area (Å²) in [5.74, 6) is -0.479. The number of benzene rings is 1. The Balaban J connectivity index is 2.21. The topological polar surface area (TPSA) is 96.2 Å². The van der Waals surface area contributed by atoms with Gasteiger partial charge in [-0.3, -0.25) is 14.6 Å². The Morgan fingerprint density at radius 1 is 1.25 bits per heavy atom. The van der Waals surface area contributed by atoms with Gasteiger partial charge in [0.1, 0.15) is 5.75 Å². The highest BCUT2D eigenvalue weighted by Crippen LogP contribution is 2.49. The third-order valence-electron chi connectivity index (χ3n) is 3.89. The van der Waals surface area contributed by atoms with Gasteiger partial charge < -0.3 is 4.52 Å². The number of carbonyl (C=O) groups excluding carboxylic acids is 1. The monoisotopic (exact) mass is 387 g/mol. The van der Waals surface area contributed by atoms with Crippen molar-refractivity contribution in [2.24, 2.45) is 4.99 Å². The molecule has 6 nitrogen and oxygen atoms in total. The van der Waals surface area contributed by atoms with E-state index in [4.69, 9.17) is 33.0 Å². The number of phosphoric acid groups is 1. The molecule has 0 saturated carbocycles. The van der Waals surface area contributed by atoms with E-state index < -0.39 is 19.0 Å². The van der Waals surface area contributed by atoms with Crippen LogP contribution in [0.25, 0.3) is 0 Å². The van der Waals surface area contributed by atoms with E-state index in [0.717, 1.165) is 0 Å². The Hall–Kier alpha value is -1.43. The molecule has 0 spiro atoms. The standard InChI is InChI=1S/C15H12Cl2NO5P/c1-15(2)8-5-7(23-24(20,21)22)3-4-10(8)18-11-6-9(16)14(19)13(17)12(11)15/h3-6H,1-2H3,(H2,20,21,22). The average Bonchev–Trinajstić information content (AvgIpc) is 2.43. The minimum absolute atomic E-state index is 0.00115. The molecule has 1 aromatic carbocycles. The normalized spacial score (nSPS) is 19.3. The summed E-state index contributed by atoms with van der Waals surface area (Å²) in [6, 6.07) is 4.47. The molecule has 0 amide bonds. The third kappa shape index (κ3) is 2.85. The Morgan fingerprint density at radius 3 is 2.54 bits per heavy atom. The zero-order valence-corrected chi connectivity index (χ0v) is 15.0. The van der Waals surface area contributed by atoms with Crippen LogP contribution in [0.5, 0.6) is 5.75 Å². The second-order valence-electron chi connectivity index (χ2n) is 5.89. The van der Waals surface area contributed by atoms with Crippen LogP contribution in [0.1, 0.15) is 19.4 Å². The average molecular weight is 388 g/mol. The van der Waals surface area contributed by atoms with Crippen LogP contribution in [0, 0.1) is 0 Å². The van der Waals surface area contributed by atoms with Crippen molar-refractivity contribution in [2.75, 3.05) is 0 Å². The smallest absolute Gasteiger partial charge is 0.404 e. The Bertz CT molecular complexity index is 910. The number of hydrogen-bond donors (Lipinski definition) is 2. The molecule has 0 unspecified atom stereocenters. The number of halogens is 2. The first-order chi connectivity index (χ1) is 11.0. The minimum Gasteiger partial charge on any atom is -0.404 e. The van der Waals surface area contributed by atoms with Crippen molar-refractivity contribution >= 4 is 48.2 Å². The van der Waals surface area contributed by atoms with Crippen LogP contribution in [0.15, 0.2) is 44.9 Å². The molecule has 2 aliphatic rings. The largest absolute Gasteiger partial charge is 0.524 e. The first kappa shape index (κ1) is 17.4. The van der Waals surface area contributed by atoms with Crippen LogP contribution >= 0.6 is 31.0 Å². The van der Waals surface area contributed by atoms with Gasteiger partial charge in [0.25, 0.3) is 0 Å². The number of carbonyl (C=O) groups is 1. The molecule has 0 radical (unpaired) electrons. The van der Waals surface area contributed by atoms with E-state index in [0.29, 0.717) is 22.5 Å². The van der Waals surface area contributed by atoms with E-state index >= 15 is 0 Å². The lowest BCUT2D eigenvalue weighted by Gasteiger charge is -2.36. The summed E-state index contributed by atoms with van der Waals surface area (Å²) in [6.07, 6.45) is 1.47. The number of nitrogens with zero attached hydrogens (tertiary/aromatic N) is 1. The zero-order chi connectivity index (χ0) is 17.9. The number of ketones is 1. The van der Waals surface area contributed by atoms with E-state index in [1.54, 1.807) is 6.07 Å². The van der Waals surface area contributed by atoms with Crippen molar-refractivity contribution < 1.29 is 23.7 Å². The first-order valence-electron chi connectivity index (χ1n) is 6.81.